The maximum Gasteiger partial charge on any atom is 0.306 e. The number of hydrogen-bond acceptors (Lipinski definition) is 6. The van der Waals surface area contributed by atoms with Crippen LogP contribution in [0.1, 0.15) is 271 Å². The highest BCUT2D eigenvalue weighted by Crippen LogP contribution is 2.15. The number of unbranched alkanes of at least 4 members (excludes halogenated alkanes) is 26. The summed E-state index contributed by atoms with van der Waals surface area (Å²) in [6, 6.07) is 0. The van der Waals surface area contributed by atoms with E-state index in [1.165, 1.54) is 135 Å². The molecule has 0 aromatic carbocycles. The third-order valence-electron chi connectivity index (χ3n) is 12.1. The lowest BCUT2D eigenvalue weighted by molar-refractivity contribution is -0.167. The molecule has 0 rings (SSSR count). The van der Waals surface area contributed by atoms with Crippen LogP contribution in [0.3, 0.4) is 0 Å². The van der Waals surface area contributed by atoms with Crippen molar-refractivity contribution in [3.8, 4) is 0 Å². The van der Waals surface area contributed by atoms with Crippen LogP contribution < -0.4 is 0 Å². The molecule has 0 saturated heterocycles. The Labute approximate surface area is 420 Å². The largest absolute Gasteiger partial charge is 0.462 e. The predicted molar refractivity (Wildman–Crippen MR) is 293 cm³/mol. The second-order valence-corrected chi connectivity index (χ2v) is 18.8. The third-order valence-corrected chi connectivity index (χ3v) is 12.1. The Morgan fingerprint density at radius 1 is 0.294 bits per heavy atom. The SMILES string of the molecule is CCCCC/C=C\C/C=C\C/C=C\C/C=C\CCCCCC(=O)OC[C@@H](COC(=O)CCCC/C=C\C/C=C\C/C=C\CCCCC)OC(=O)CCCCCCCCCCCCCCCCCC. The molecule has 0 spiro atoms. The lowest BCUT2D eigenvalue weighted by Gasteiger charge is -2.18. The highest BCUT2D eigenvalue weighted by molar-refractivity contribution is 5.71. The molecule has 68 heavy (non-hydrogen) atoms. The van der Waals surface area contributed by atoms with Gasteiger partial charge in [-0.15, -0.1) is 0 Å². The normalized spacial score (nSPS) is 12.7. The van der Waals surface area contributed by atoms with E-state index in [9.17, 15) is 14.4 Å². The minimum Gasteiger partial charge on any atom is -0.462 e. The van der Waals surface area contributed by atoms with Gasteiger partial charge in [0.15, 0.2) is 6.10 Å². The van der Waals surface area contributed by atoms with Gasteiger partial charge < -0.3 is 14.2 Å². The summed E-state index contributed by atoms with van der Waals surface area (Å²) in [4.78, 5) is 38.1. The van der Waals surface area contributed by atoms with Crippen molar-refractivity contribution in [3.05, 3.63) is 85.1 Å². The molecule has 0 aromatic heterocycles. The summed E-state index contributed by atoms with van der Waals surface area (Å²) in [7, 11) is 0. The van der Waals surface area contributed by atoms with Gasteiger partial charge in [0.25, 0.3) is 0 Å². The second-order valence-electron chi connectivity index (χ2n) is 18.8. The van der Waals surface area contributed by atoms with Crippen molar-refractivity contribution in [1.82, 2.24) is 0 Å². The summed E-state index contributed by atoms with van der Waals surface area (Å²) < 4.78 is 16.8. The van der Waals surface area contributed by atoms with Crippen molar-refractivity contribution in [1.29, 1.82) is 0 Å². The first-order chi connectivity index (χ1) is 33.5. The highest BCUT2D eigenvalue weighted by Gasteiger charge is 2.19. The molecule has 6 nitrogen and oxygen atoms in total. The smallest absolute Gasteiger partial charge is 0.306 e. The molecule has 390 valence electrons. The fourth-order valence-corrected chi connectivity index (χ4v) is 7.79. The van der Waals surface area contributed by atoms with E-state index in [4.69, 9.17) is 14.2 Å². The van der Waals surface area contributed by atoms with Gasteiger partial charge in [0.05, 0.1) is 0 Å². The van der Waals surface area contributed by atoms with Crippen LogP contribution in [0, 0.1) is 0 Å². The number of esters is 3. The van der Waals surface area contributed by atoms with Gasteiger partial charge in [0.1, 0.15) is 13.2 Å². The molecule has 6 heteroatoms. The Hall–Kier alpha value is -3.41. The molecular weight excluding hydrogens is 841 g/mol. The fourth-order valence-electron chi connectivity index (χ4n) is 7.79. The average molecular weight is 948 g/mol. The Morgan fingerprint density at radius 2 is 0.529 bits per heavy atom. The van der Waals surface area contributed by atoms with Crippen LogP contribution in [0.25, 0.3) is 0 Å². The average Bonchev–Trinajstić information content (AvgIpc) is 3.34. The molecule has 0 bridgehead atoms. The minimum absolute atomic E-state index is 0.104. The predicted octanol–water partition coefficient (Wildman–Crippen LogP) is 19.2. The van der Waals surface area contributed by atoms with Gasteiger partial charge in [0, 0.05) is 19.3 Å². The van der Waals surface area contributed by atoms with E-state index in [1.807, 2.05) is 0 Å². The van der Waals surface area contributed by atoms with Crippen molar-refractivity contribution in [2.45, 2.75) is 277 Å². The first-order valence-electron chi connectivity index (χ1n) is 28.6. The minimum atomic E-state index is -0.804. The molecule has 0 unspecified atom stereocenters. The van der Waals surface area contributed by atoms with Gasteiger partial charge in [-0.3, -0.25) is 14.4 Å². The van der Waals surface area contributed by atoms with Crippen LogP contribution in [0.5, 0.6) is 0 Å². The molecular formula is C62H106O6. The zero-order chi connectivity index (χ0) is 49.3. The molecule has 1 atom stereocenters. The zero-order valence-electron chi connectivity index (χ0n) is 44.6. The van der Waals surface area contributed by atoms with Gasteiger partial charge in [-0.1, -0.05) is 234 Å². The summed E-state index contributed by atoms with van der Waals surface area (Å²) in [5, 5.41) is 0. The molecule has 0 aliphatic carbocycles. The Bertz CT molecular complexity index is 1320. The van der Waals surface area contributed by atoms with Gasteiger partial charge in [-0.2, -0.15) is 0 Å². The molecule has 0 radical (unpaired) electrons. The van der Waals surface area contributed by atoms with E-state index in [-0.39, 0.29) is 31.1 Å². The monoisotopic (exact) mass is 947 g/mol. The number of hydrogen-bond donors (Lipinski definition) is 0. The topological polar surface area (TPSA) is 78.9 Å². The van der Waals surface area contributed by atoms with E-state index in [0.29, 0.717) is 19.3 Å². The maximum absolute atomic E-state index is 12.8. The van der Waals surface area contributed by atoms with E-state index in [1.54, 1.807) is 0 Å². The third kappa shape index (κ3) is 53.5. The number of carbonyl (C=O) groups excluding carboxylic acids is 3. The number of allylic oxidation sites excluding steroid dienone is 14. The molecule has 0 aliphatic rings. The number of ether oxygens (including phenoxy) is 3. The van der Waals surface area contributed by atoms with Crippen molar-refractivity contribution >= 4 is 17.9 Å². The van der Waals surface area contributed by atoms with Gasteiger partial charge >= 0.3 is 17.9 Å². The molecule has 0 amide bonds. The summed E-state index contributed by atoms with van der Waals surface area (Å²) in [6.45, 7) is 6.54. The van der Waals surface area contributed by atoms with Crippen LogP contribution in [0.4, 0.5) is 0 Å². The molecule has 0 N–H and O–H groups in total. The molecule has 0 aromatic rings. The molecule has 0 fully saturated rings. The van der Waals surface area contributed by atoms with E-state index in [2.05, 4.69) is 106 Å². The number of rotatable bonds is 51. The van der Waals surface area contributed by atoms with Crippen molar-refractivity contribution in [3.63, 3.8) is 0 Å². The van der Waals surface area contributed by atoms with Crippen LogP contribution in [0.15, 0.2) is 85.1 Å². The Morgan fingerprint density at radius 3 is 0.882 bits per heavy atom. The van der Waals surface area contributed by atoms with Crippen LogP contribution in [-0.4, -0.2) is 37.2 Å². The highest BCUT2D eigenvalue weighted by atomic mass is 16.6. The van der Waals surface area contributed by atoms with Crippen molar-refractivity contribution in [2.24, 2.45) is 0 Å². The summed E-state index contributed by atoms with van der Waals surface area (Å²) in [5.74, 6) is -0.963. The van der Waals surface area contributed by atoms with Crippen molar-refractivity contribution < 1.29 is 28.6 Å². The molecule has 0 aliphatic heterocycles. The second kappa shape index (κ2) is 56.2. The standard InChI is InChI=1S/C62H106O6/c1-4-7-10-13-16-19-22-25-28-30-31-32-35-37-40-43-46-49-52-55-61(64)67-58-59(57-66-60(63)54-51-48-45-42-39-36-33-27-24-21-18-15-12-9-6-3)68-62(65)56-53-50-47-44-41-38-34-29-26-23-20-17-14-11-8-5-2/h16,18-19,21,25,27-28,31-33,37,39-40,42,59H,4-15,17,20,22-24,26,29-30,34-36,38,41,43-58H2,1-3H3/b19-16-,21-18-,28-25-,32-31-,33-27-,40-37-,42-39-/t59-/m1/s1. The quantitative estimate of drug-likeness (QED) is 0.0262. The van der Waals surface area contributed by atoms with Crippen LogP contribution in [-0.2, 0) is 28.6 Å². The summed E-state index contributed by atoms with van der Waals surface area (Å²) >= 11 is 0. The zero-order valence-corrected chi connectivity index (χ0v) is 44.6. The van der Waals surface area contributed by atoms with Gasteiger partial charge in [-0.05, 0) is 103 Å². The fraction of sp³-hybridized carbons (Fsp3) is 0.726. The summed E-state index contributed by atoms with van der Waals surface area (Å²) in [6.07, 6.45) is 72.8. The summed E-state index contributed by atoms with van der Waals surface area (Å²) in [5.41, 5.74) is 0. The lowest BCUT2D eigenvalue weighted by atomic mass is 10.0. The molecule has 0 saturated carbocycles. The van der Waals surface area contributed by atoms with Gasteiger partial charge in [-0.25, -0.2) is 0 Å². The van der Waals surface area contributed by atoms with E-state index < -0.39 is 6.10 Å². The Balaban J connectivity index is 4.48. The lowest BCUT2D eigenvalue weighted by Crippen LogP contribution is -2.30. The maximum atomic E-state index is 12.8. The van der Waals surface area contributed by atoms with Gasteiger partial charge in [0.2, 0.25) is 0 Å². The number of carbonyl (C=O) groups is 3. The van der Waals surface area contributed by atoms with Crippen LogP contribution in [0.2, 0.25) is 0 Å². The van der Waals surface area contributed by atoms with E-state index in [0.717, 1.165) is 96.3 Å². The first-order valence-corrected chi connectivity index (χ1v) is 28.6. The van der Waals surface area contributed by atoms with E-state index >= 15 is 0 Å². The molecule has 0 heterocycles. The van der Waals surface area contributed by atoms with Crippen molar-refractivity contribution in [2.75, 3.05) is 13.2 Å². The first kappa shape index (κ1) is 64.6. The van der Waals surface area contributed by atoms with Crippen LogP contribution >= 0.6 is 0 Å². The Kier molecular flexibility index (Phi) is 53.4.